The molecule has 0 saturated carbocycles. The molecule has 0 spiro atoms. The molecule has 0 aromatic carbocycles. The lowest BCUT2D eigenvalue weighted by Crippen LogP contribution is -2.28. The molecule has 15 heavy (non-hydrogen) atoms. The fourth-order valence-corrected chi connectivity index (χ4v) is 1.33. The van der Waals surface area contributed by atoms with Crippen LogP contribution in [0.15, 0.2) is 18.2 Å². The third-order valence-electron chi connectivity index (χ3n) is 2.12. The van der Waals surface area contributed by atoms with Crippen LogP contribution < -0.4 is 4.90 Å². The smallest absolute Gasteiger partial charge is 0.214 e. The van der Waals surface area contributed by atoms with Crippen molar-refractivity contribution in [3.63, 3.8) is 0 Å². The minimum Gasteiger partial charge on any atom is -0.380 e. The monoisotopic (exact) mass is 212 g/mol. The zero-order chi connectivity index (χ0) is 11.1. The summed E-state index contributed by atoms with van der Waals surface area (Å²) < 4.78 is 18.1. The molecular weight excluding hydrogens is 195 g/mol. The van der Waals surface area contributed by atoms with Crippen molar-refractivity contribution in [2.24, 2.45) is 0 Å². The molecule has 0 N–H and O–H groups in total. The van der Waals surface area contributed by atoms with E-state index in [1.165, 1.54) is 6.07 Å². The van der Waals surface area contributed by atoms with E-state index < -0.39 is 5.95 Å². The van der Waals surface area contributed by atoms with Crippen LogP contribution in [0.4, 0.5) is 10.2 Å². The number of likely N-dealkylation sites (N-methyl/N-ethyl adjacent to an activating group) is 1. The Morgan fingerprint density at radius 1 is 1.40 bits per heavy atom. The Morgan fingerprint density at radius 2 is 2.20 bits per heavy atom. The van der Waals surface area contributed by atoms with Crippen LogP contribution in [0.5, 0.6) is 0 Å². The highest BCUT2D eigenvalue weighted by Crippen LogP contribution is 2.10. The summed E-state index contributed by atoms with van der Waals surface area (Å²) in [4.78, 5) is 5.81. The molecule has 0 aliphatic heterocycles. The molecule has 84 valence electrons. The molecule has 1 aromatic heterocycles. The molecule has 4 heteroatoms. The van der Waals surface area contributed by atoms with Crippen LogP contribution in [-0.2, 0) is 4.74 Å². The summed E-state index contributed by atoms with van der Waals surface area (Å²) >= 11 is 0. The van der Waals surface area contributed by atoms with Crippen LogP contribution in [0.25, 0.3) is 0 Å². The average Bonchev–Trinajstić information content (AvgIpc) is 2.24. The van der Waals surface area contributed by atoms with Crippen molar-refractivity contribution in [1.82, 2.24) is 4.98 Å². The largest absolute Gasteiger partial charge is 0.380 e. The molecule has 0 aliphatic carbocycles. The number of ether oxygens (including phenoxy) is 1. The SMILES string of the molecule is CCOCCN(CC)c1cccc(F)n1. The van der Waals surface area contributed by atoms with Crippen molar-refractivity contribution in [3.8, 4) is 0 Å². The molecular formula is C11H17FN2O. The van der Waals surface area contributed by atoms with Crippen molar-refractivity contribution < 1.29 is 9.13 Å². The van der Waals surface area contributed by atoms with Crippen molar-refractivity contribution in [2.45, 2.75) is 13.8 Å². The highest BCUT2D eigenvalue weighted by Gasteiger charge is 2.05. The number of nitrogens with zero attached hydrogens (tertiary/aromatic N) is 2. The predicted octanol–water partition coefficient (Wildman–Crippen LogP) is 2.08. The van der Waals surface area contributed by atoms with Crippen LogP contribution >= 0.6 is 0 Å². The van der Waals surface area contributed by atoms with Gasteiger partial charge < -0.3 is 9.64 Å². The van der Waals surface area contributed by atoms with Gasteiger partial charge in [-0.05, 0) is 26.0 Å². The zero-order valence-corrected chi connectivity index (χ0v) is 9.24. The van der Waals surface area contributed by atoms with E-state index >= 15 is 0 Å². The van der Waals surface area contributed by atoms with Crippen molar-refractivity contribution in [3.05, 3.63) is 24.1 Å². The summed E-state index contributed by atoms with van der Waals surface area (Å²) in [6.07, 6.45) is 0. The van der Waals surface area contributed by atoms with E-state index in [0.717, 1.165) is 13.1 Å². The highest BCUT2D eigenvalue weighted by molar-refractivity contribution is 5.37. The average molecular weight is 212 g/mol. The maximum atomic E-state index is 12.9. The van der Waals surface area contributed by atoms with Gasteiger partial charge in [0.15, 0.2) is 0 Å². The van der Waals surface area contributed by atoms with Gasteiger partial charge in [-0.3, -0.25) is 0 Å². The van der Waals surface area contributed by atoms with Crippen LogP contribution in [0.3, 0.4) is 0 Å². The Labute approximate surface area is 89.9 Å². The minimum atomic E-state index is -0.442. The lowest BCUT2D eigenvalue weighted by molar-refractivity contribution is 0.154. The van der Waals surface area contributed by atoms with Crippen molar-refractivity contribution in [1.29, 1.82) is 0 Å². The van der Waals surface area contributed by atoms with Crippen LogP contribution in [0.1, 0.15) is 13.8 Å². The number of anilines is 1. The first-order valence-electron chi connectivity index (χ1n) is 5.23. The van der Waals surface area contributed by atoms with Crippen LogP contribution in [0.2, 0.25) is 0 Å². The summed E-state index contributed by atoms with van der Waals surface area (Å²) in [7, 11) is 0. The van der Waals surface area contributed by atoms with Crippen molar-refractivity contribution in [2.75, 3.05) is 31.2 Å². The Morgan fingerprint density at radius 3 is 2.80 bits per heavy atom. The fourth-order valence-electron chi connectivity index (χ4n) is 1.33. The lowest BCUT2D eigenvalue weighted by Gasteiger charge is -2.21. The first-order valence-corrected chi connectivity index (χ1v) is 5.23. The minimum absolute atomic E-state index is 0.442. The third-order valence-corrected chi connectivity index (χ3v) is 2.12. The number of halogens is 1. The normalized spacial score (nSPS) is 10.3. The van der Waals surface area contributed by atoms with Gasteiger partial charge >= 0.3 is 0 Å². The van der Waals surface area contributed by atoms with Gasteiger partial charge in [-0.15, -0.1) is 0 Å². The summed E-state index contributed by atoms with van der Waals surface area (Å²) in [6.45, 7) is 6.84. The molecule has 1 aromatic rings. The Hall–Kier alpha value is -1.16. The van der Waals surface area contributed by atoms with Crippen molar-refractivity contribution >= 4 is 5.82 Å². The summed E-state index contributed by atoms with van der Waals surface area (Å²) in [6, 6.07) is 4.82. The number of pyridine rings is 1. The maximum absolute atomic E-state index is 12.9. The van der Waals surface area contributed by atoms with Gasteiger partial charge in [0, 0.05) is 19.7 Å². The van der Waals surface area contributed by atoms with E-state index in [1.54, 1.807) is 12.1 Å². The van der Waals surface area contributed by atoms with Crippen LogP contribution in [-0.4, -0.2) is 31.3 Å². The number of aromatic nitrogens is 1. The second-order valence-electron chi connectivity index (χ2n) is 3.10. The van der Waals surface area contributed by atoms with E-state index in [0.29, 0.717) is 19.0 Å². The summed E-state index contributed by atoms with van der Waals surface area (Å²) in [5.74, 6) is 0.222. The lowest BCUT2D eigenvalue weighted by atomic mass is 10.4. The Kier molecular flexibility index (Phi) is 5.04. The highest BCUT2D eigenvalue weighted by atomic mass is 19.1. The van der Waals surface area contributed by atoms with Gasteiger partial charge in [-0.1, -0.05) is 6.07 Å². The van der Waals surface area contributed by atoms with Gasteiger partial charge in [-0.2, -0.15) is 4.39 Å². The molecule has 1 heterocycles. The van der Waals surface area contributed by atoms with Gasteiger partial charge in [-0.25, -0.2) is 4.98 Å². The topological polar surface area (TPSA) is 25.4 Å². The van der Waals surface area contributed by atoms with E-state index in [1.807, 2.05) is 18.7 Å². The third kappa shape index (κ3) is 3.83. The van der Waals surface area contributed by atoms with E-state index in [-0.39, 0.29) is 0 Å². The van der Waals surface area contributed by atoms with E-state index in [2.05, 4.69) is 4.98 Å². The van der Waals surface area contributed by atoms with Gasteiger partial charge in [0.1, 0.15) is 5.82 Å². The van der Waals surface area contributed by atoms with E-state index in [4.69, 9.17) is 4.74 Å². The number of rotatable bonds is 6. The molecule has 0 fully saturated rings. The first-order chi connectivity index (χ1) is 7.27. The number of hydrogen-bond acceptors (Lipinski definition) is 3. The van der Waals surface area contributed by atoms with Crippen LogP contribution in [0, 0.1) is 5.95 Å². The second kappa shape index (κ2) is 6.35. The quantitative estimate of drug-likeness (QED) is 0.533. The van der Waals surface area contributed by atoms with Gasteiger partial charge in [0.2, 0.25) is 5.95 Å². The van der Waals surface area contributed by atoms with Gasteiger partial charge in [0.05, 0.1) is 6.61 Å². The van der Waals surface area contributed by atoms with Gasteiger partial charge in [0.25, 0.3) is 0 Å². The molecule has 0 aliphatic rings. The first kappa shape index (κ1) is 11.9. The molecule has 0 saturated heterocycles. The molecule has 0 unspecified atom stereocenters. The molecule has 0 radical (unpaired) electrons. The second-order valence-corrected chi connectivity index (χ2v) is 3.10. The molecule has 0 bridgehead atoms. The molecule has 0 amide bonds. The van der Waals surface area contributed by atoms with E-state index in [9.17, 15) is 4.39 Å². The Bertz CT molecular complexity index is 294. The summed E-state index contributed by atoms with van der Waals surface area (Å²) in [5, 5.41) is 0. The molecule has 0 atom stereocenters. The Balaban J connectivity index is 2.57. The zero-order valence-electron chi connectivity index (χ0n) is 9.24. The molecule has 3 nitrogen and oxygen atoms in total. The predicted molar refractivity (Wildman–Crippen MR) is 58.6 cm³/mol. The maximum Gasteiger partial charge on any atom is 0.214 e. The number of hydrogen-bond donors (Lipinski definition) is 0. The fraction of sp³-hybridized carbons (Fsp3) is 0.545. The summed E-state index contributed by atoms with van der Waals surface area (Å²) in [5.41, 5.74) is 0. The standard InChI is InChI=1S/C11H17FN2O/c1-3-14(8-9-15-4-2)11-7-5-6-10(12)13-11/h5-7H,3-4,8-9H2,1-2H3. The molecule has 1 rings (SSSR count).